The first-order valence-electron chi connectivity index (χ1n) is 6.01. The Bertz CT molecular complexity index is 412. The molecule has 1 saturated carbocycles. The van der Waals surface area contributed by atoms with Crippen molar-refractivity contribution in [2.75, 3.05) is 0 Å². The van der Waals surface area contributed by atoms with Gasteiger partial charge in [0.05, 0.1) is 5.38 Å². The largest absolute Gasteiger partial charge is 0.117 e. The zero-order chi connectivity index (χ0) is 12.6. The van der Waals surface area contributed by atoms with Gasteiger partial charge < -0.3 is 0 Å². The highest BCUT2D eigenvalue weighted by Gasteiger charge is 2.39. The molecule has 1 aromatic carbocycles. The molecule has 0 radical (unpaired) electrons. The van der Waals surface area contributed by atoms with Crippen LogP contribution < -0.4 is 0 Å². The number of hydrogen-bond donors (Lipinski definition) is 0. The van der Waals surface area contributed by atoms with E-state index in [1.54, 1.807) is 6.07 Å². The van der Waals surface area contributed by atoms with Crippen LogP contribution in [0.15, 0.2) is 18.2 Å². The van der Waals surface area contributed by atoms with Crippen molar-refractivity contribution in [2.45, 2.75) is 38.5 Å². The van der Waals surface area contributed by atoms with E-state index in [1.807, 2.05) is 12.1 Å². The van der Waals surface area contributed by atoms with Crippen molar-refractivity contribution in [3.63, 3.8) is 0 Å². The molecule has 0 aromatic heterocycles. The summed E-state index contributed by atoms with van der Waals surface area (Å²) in [5, 5.41) is 1.38. The van der Waals surface area contributed by atoms with Crippen molar-refractivity contribution in [1.82, 2.24) is 0 Å². The molecule has 2 rings (SSSR count). The third-order valence-corrected chi connectivity index (χ3v) is 5.07. The summed E-state index contributed by atoms with van der Waals surface area (Å²) in [6.45, 7) is 4.58. The molecule has 0 spiro atoms. The Labute approximate surface area is 118 Å². The Balaban J connectivity index is 2.30. The SMILES string of the molecule is CC1(C)CCCC1C(Cl)c1cc(Cl)ccc1Cl. The lowest BCUT2D eigenvalue weighted by molar-refractivity contribution is 0.252. The van der Waals surface area contributed by atoms with Crippen LogP contribution in [0.4, 0.5) is 0 Å². The van der Waals surface area contributed by atoms with Crippen LogP contribution in [0.2, 0.25) is 10.0 Å². The minimum absolute atomic E-state index is 0.0429. The Kier molecular flexibility index (Phi) is 3.97. The fourth-order valence-electron chi connectivity index (χ4n) is 2.84. The topological polar surface area (TPSA) is 0 Å². The molecule has 0 nitrogen and oxygen atoms in total. The zero-order valence-electron chi connectivity index (χ0n) is 10.1. The van der Waals surface area contributed by atoms with Gasteiger partial charge in [0, 0.05) is 10.0 Å². The van der Waals surface area contributed by atoms with Crippen LogP contribution in [-0.4, -0.2) is 0 Å². The van der Waals surface area contributed by atoms with Crippen molar-refractivity contribution in [3.8, 4) is 0 Å². The summed E-state index contributed by atoms with van der Waals surface area (Å²) in [4.78, 5) is 0. The summed E-state index contributed by atoms with van der Waals surface area (Å²) in [7, 11) is 0. The highest BCUT2D eigenvalue weighted by molar-refractivity contribution is 6.34. The molecule has 94 valence electrons. The molecule has 0 saturated heterocycles. The molecule has 2 unspecified atom stereocenters. The van der Waals surface area contributed by atoms with Crippen LogP contribution in [0.5, 0.6) is 0 Å². The molecule has 0 amide bonds. The summed E-state index contributed by atoms with van der Waals surface area (Å²) in [6, 6.07) is 5.53. The highest BCUT2D eigenvalue weighted by Crippen LogP contribution is 2.52. The molecule has 2 atom stereocenters. The third-order valence-electron chi connectivity index (χ3n) is 3.95. The van der Waals surface area contributed by atoms with E-state index in [0.717, 1.165) is 10.6 Å². The first-order valence-corrected chi connectivity index (χ1v) is 7.20. The maximum atomic E-state index is 6.63. The zero-order valence-corrected chi connectivity index (χ0v) is 12.4. The van der Waals surface area contributed by atoms with Gasteiger partial charge in [-0.15, -0.1) is 11.6 Å². The predicted molar refractivity (Wildman–Crippen MR) is 76.2 cm³/mol. The predicted octanol–water partition coefficient (Wildman–Crippen LogP) is 6.10. The van der Waals surface area contributed by atoms with Gasteiger partial charge in [0.15, 0.2) is 0 Å². The summed E-state index contributed by atoms with van der Waals surface area (Å²) < 4.78 is 0. The lowest BCUT2D eigenvalue weighted by atomic mass is 9.78. The molecule has 1 aromatic rings. The van der Waals surface area contributed by atoms with Crippen LogP contribution >= 0.6 is 34.8 Å². The second-order valence-electron chi connectivity index (χ2n) is 5.55. The minimum Gasteiger partial charge on any atom is -0.117 e. The first-order chi connectivity index (χ1) is 7.92. The van der Waals surface area contributed by atoms with E-state index in [0.29, 0.717) is 10.9 Å². The van der Waals surface area contributed by atoms with E-state index in [9.17, 15) is 0 Å². The van der Waals surface area contributed by atoms with Crippen molar-refractivity contribution < 1.29 is 0 Å². The molecule has 0 N–H and O–H groups in total. The van der Waals surface area contributed by atoms with Gasteiger partial charge in [0.2, 0.25) is 0 Å². The maximum Gasteiger partial charge on any atom is 0.0633 e. The maximum absolute atomic E-state index is 6.63. The Hall–Kier alpha value is 0.0900. The molecule has 3 heteroatoms. The van der Waals surface area contributed by atoms with Crippen LogP contribution in [-0.2, 0) is 0 Å². The smallest absolute Gasteiger partial charge is 0.0633 e. The first kappa shape index (κ1) is 13.5. The van der Waals surface area contributed by atoms with Crippen LogP contribution in [0.25, 0.3) is 0 Å². The van der Waals surface area contributed by atoms with Gasteiger partial charge in [0.25, 0.3) is 0 Å². The molecule has 17 heavy (non-hydrogen) atoms. The monoisotopic (exact) mass is 290 g/mol. The Morgan fingerprint density at radius 3 is 2.59 bits per heavy atom. The quantitative estimate of drug-likeness (QED) is 0.578. The van der Waals surface area contributed by atoms with Crippen molar-refractivity contribution in [3.05, 3.63) is 33.8 Å². The van der Waals surface area contributed by atoms with E-state index in [1.165, 1.54) is 19.3 Å². The van der Waals surface area contributed by atoms with Gasteiger partial charge in [-0.1, -0.05) is 43.5 Å². The lowest BCUT2D eigenvalue weighted by Gasteiger charge is -2.31. The molecular weight excluding hydrogens is 275 g/mol. The van der Waals surface area contributed by atoms with Gasteiger partial charge >= 0.3 is 0 Å². The van der Waals surface area contributed by atoms with Gasteiger partial charge in [-0.05, 0) is 47.9 Å². The summed E-state index contributed by atoms with van der Waals surface area (Å²) in [5.41, 5.74) is 1.26. The number of hydrogen-bond acceptors (Lipinski definition) is 0. The minimum atomic E-state index is -0.0429. The highest BCUT2D eigenvalue weighted by atomic mass is 35.5. The van der Waals surface area contributed by atoms with Crippen LogP contribution in [0.3, 0.4) is 0 Å². The van der Waals surface area contributed by atoms with Crippen LogP contribution in [0.1, 0.15) is 44.1 Å². The molecule has 1 fully saturated rings. The molecule has 0 aliphatic heterocycles. The summed E-state index contributed by atoms with van der Waals surface area (Å²) in [5.74, 6) is 0.472. The Morgan fingerprint density at radius 1 is 1.29 bits per heavy atom. The fraction of sp³-hybridized carbons (Fsp3) is 0.571. The number of alkyl halides is 1. The van der Waals surface area contributed by atoms with E-state index in [-0.39, 0.29) is 10.8 Å². The lowest BCUT2D eigenvalue weighted by Crippen LogP contribution is -2.21. The Morgan fingerprint density at radius 2 is 2.00 bits per heavy atom. The van der Waals surface area contributed by atoms with Crippen molar-refractivity contribution in [2.24, 2.45) is 11.3 Å². The van der Waals surface area contributed by atoms with E-state index < -0.39 is 0 Å². The second kappa shape index (κ2) is 4.99. The normalized spacial score (nSPS) is 24.9. The molecule has 0 bridgehead atoms. The van der Waals surface area contributed by atoms with E-state index >= 15 is 0 Å². The average Bonchev–Trinajstić information content (AvgIpc) is 2.61. The molecule has 0 heterocycles. The van der Waals surface area contributed by atoms with Crippen LogP contribution in [0, 0.1) is 11.3 Å². The number of rotatable bonds is 2. The van der Waals surface area contributed by atoms with E-state index in [2.05, 4.69) is 13.8 Å². The number of benzene rings is 1. The fourth-order valence-corrected chi connectivity index (χ4v) is 3.96. The van der Waals surface area contributed by atoms with Gasteiger partial charge in [-0.25, -0.2) is 0 Å². The van der Waals surface area contributed by atoms with Gasteiger partial charge in [0.1, 0.15) is 0 Å². The molecular formula is C14H17Cl3. The van der Waals surface area contributed by atoms with Crippen molar-refractivity contribution in [1.29, 1.82) is 0 Å². The summed E-state index contributed by atoms with van der Waals surface area (Å²) >= 11 is 18.9. The van der Waals surface area contributed by atoms with Crippen molar-refractivity contribution >= 4 is 34.8 Å². The summed E-state index contributed by atoms with van der Waals surface area (Å²) in [6.07, 6.45) is 3.65. The third kappa shape index (κ3) is 2.75. The van der Waals surface area contributed by atoms with Gasteiger partial charge in [-0.3, -0.25) is 0 Å². The molecule has 1 aliphatic carbocycles. The second-order valence-corrected chi connectivity index (χ2v) is 6.87. The van der Waals surface area contributed by atoms with E-state index in [4.69, 9.17) is 34.8 Å². The van der Waals surface area contributed by atoms with Gasteiger partial charge in [-0.2, -0.15) is 0 Å². The average molecular weight is 292 g/mol. The number of halogens is 3. The standard InChI is InChI=1S/C14H17Cl3/c1-14(2)7-3-4-11(14)13(17)10-8-9(15)5-6-12(10)16/h5-6,8,11,13H,3-4,7H2,1-2H3. The molecule has 1 aliphatic rings.